The van der Waals surface area contributed by atoms with E-state index in [-0.39, 0.29) is 24.1 Å². The second-order valence-electron chi connectivity index (χ2n) is 8.06. The first-order valence-electron chi connectivity index (χ1n) is 11.1. The Hall–Kier alpha value is -3.67. The smallest absolute Gasteiger partial charge is 0.280 e. The van der Waals surface area contributed by atoms with Gasteiger partial charge >= 0.3 is 0 Å². The van der Waals surface area contributed by atoms with Crippen molar-refractivity contribution in [2.24, 2.45) is 0 Å². The number of amides is 1. The second kappa shape index (κ2) is 9.64. The maximum absolute atomic E-state index is 13.1. The number of benzene rings is 2. The highest BCUT2D eigenvalue weighted by Crippen LogP contribution is 2.15. The third-order valence-corrected chi connectivity index (χ3v) is 5.69. The molecule has 0 aliphatic heterocycles. The molecule has 0 saturated heterocycles. The Morgan fingerprint density at radius 2 is 1.75 bits per heavy atom. The van der Waals surface area contributed by atoms with E-state index in [4.69, 9.17) is 0 Å². The Morgan fingerprint density at radius 3 is 2.47 bits per heavy atom. The van der Waals surface area contributed by atoms with Crippen molar-refractivity contribution in [3.63, 3.8) is 0 Å². The maximum Gasteiger partial charge on any atom is 0.280 e. The van der Waals surface area contributed by atoms with Gasteiger partial charge < -0.3 is 5.32 Å². The van der Waals surface area contributed by atoms with Crippen LogP contribution in [0.15, 0.2) is 77.7 Å². The molecule has 0 radical (unpaired) electrons. The van der Waals surface area contributed by atoms with Gasteiger partial charge in [-0.25, -0.2) is 9.67 Å². The van der Waals surface area contributed by atoms with Crippen LogP contribution in [-0.2, 0) is 24.2 Å². The van der Waals surface area contributed by atoms with Crippen LogP contribution < -0.4 is 10.9 Å². The summed E-state index contributed by atoms with van der Waals surface area (Å²) in [4.78, 5) is 30.4. The molecule has 2 aromatic heterocycles. The summed E-state index contributed by atoms with van der Waals surface area (Å²) in [5, 5.41) is 3.56. The van der Waals surface area contributed by atoms with Crippen molar-refractivity contribution >= 4 is 16.9 Å². The molecule has 6 heteroatoms. The number of hydrogen-bond donors (Lipinski definition) is 1. The highest BCUT2D eigenvalue weighted by atomic mass is 16.2. The van der Waals surface area contributed by atoms with Crippen molar-refractivity contribution in [2.75, 3.05) is 0 Å². The Balaban J connectivity index is 1.56. The molecule has 32 heavy (non-hydrogen) atoms. The summed E-state index contributed by atoms with van der Waals surface area (Å²) in [6.45, 7) is 4.11. The number of aromatic nitrogens is 3. The minimum absolute atomic E-state index is 0.0148. The van der Waals surface area contributed by atoms with Gasteiger partial charge in [0, 0.05) is 12.2 Å². The second-order valence-corrected chi connectivity index (χ2v) is 8.06. The van der Waals surface area contributed by atoms with Crippen molar-refractivity contribution in [2.45, 2.75) is 45.7 Å². The first-order valence-corrected chi connectivity index (χ1v) is 11.1. The number of carbonyl (C=O) groups is 1. The third kappa shape index (κ3) is 4.64. The Labute approximate surface area is 187 Å². The summed E-state index contributed by atoms with van der Waals surface area (Å²) in [5.41, 5.74) is 3.48. The number of aryl methyl sites for hydroxylation is 2. The standard InChI is InChI=1S/C26H28N4O2/c1-3-20-13-15-22(16-14-20)30-26(32)23-10-7-17-27-25(23)29(30)18-24(31)28-19(2)11-12-21-8-5-4-6-9-21/h4-10,13-17,19H,3,11-12,18H2,1-2H3,(H,28,31). The van der Waals surface area contributed by atoms with Crippen molar-refractivity contribution in [3.8, 4) is 5.69 Å². The average molecular weight is 429 g/mol. The fourth-order valence-corrected chi connectivity index (χ4v) is 3.92. The molecule has 1 unspecified atom stereocenters. The Bertz CT molecular complexity index is 1260. The number of rotatable bonds is 8. The third-order valence-electron chi connectivity index (χ3n) is 5.69. The molecule has 1 N–H and O–H groups in total. The molecule has 1 atom stereocenters. The lowest BCUT2D eigenvalue weighted by Crippen LogP contribution is -2.37. The van der Waals surface area contributed by atoms with E-state index in [1.54, 1.807) is 27.7 Å². The van der Waals surface area contributed by atoms with Crippen molar-refractivity contribution < 1.29 is 4.79 Å². The van der Waals surface area contributed by atoms with Crippen LogP contribution in [0.2, 0.25) is 0 Å². The van der Waals surface area contributed by atoms with Crippen LogP contribution in [0.1, 0.15) is 31.4 Å². The van der Waals surface area contributed by atoms with E-state index in [0.717, 1.165) is 24.9 Å². The minimum atomic E-state index is -0.178. The number of carbonyl (C=O) groups excluding carboxylic acids is 1. The van der Waals surface area contributed by atoms with Crippen LogP contribution in [-0.4, -0.2) is 26.3 Å². The molecule has 0 spiro atoms. The fraction of sp³-hybridized carbons (Fsp3) is 0.269. The van der Waals surface area contributed by atoms with Crippen LogP contribution >= 0.6 is 0 Å². The van der Waals surface area contributed by atoms with Gasteiger partial charge in [-0.3, -0.25) is 14.3 Å². The van der Waals surface area contributed by atoms with Gasteiger partial charge in [-0.1, -0.05) is 49.4 Å². The van der Waals surface area contributed by atoms with Crippen molar-refractivity contribution in [1.82, 2.24) is 19.7 Å². The largest absolute Gasteiger partial charge is 0.352 e. The molecule has 4 rings (SSSR count). The summed E-state index contributed by atoms with van der Waals surface area (Å²) >= 11 is 0. The van der Waals surface area contributed by atoms with Gasteiger partial charge in [-0.05, 0) is 61.6 Å². The molecule has 4 aromatic rings. The highest BCUT2D eigenvalue weighted by molar-refractivity contribution is 5.80. The van der Waals surface area contributed by atoms with Gasteiger partial charge in [-0.15, -0.1) is 0 Å². The summed E-state index contributed by atoms with van der Waals surface area (Å²) in [6, 6.07) is 21.6. The lowest BCUT2D eigenvalue weighted by molar-refractivity contribution is -0.122. The molecule has 2 aromatic carbocycles. The fourth-order valence-electron chi connectivity index (χ4n) is 3.92. The van der Waals surface area contributed by atoms with Crippen LogP contribution in [0.5, 0.6) is 0 Å². The summed E-state index contributed by atoms with van der Waals surface area (Å²) in [7, 11) is 0. The van der Waals surface area contributed by atoms with Crippen LogP contribution in [0.25, 0.3) is 16.7 Å². The molecule has 2 heterocycles. The van der Waals surface area contributed by atoms with E-state index in [2.05, 4.69) is 29.4 Å². The van der Waals surface area contributed by atoms with E-state index in [1.165, 1.54) is 11.1 Å². The number of nitrogens with one attached hydrogen (secondary N) is 1. The predicted octanol–water partition coefficient (Wildman–Crippen LogP) is 3.89. The quantitative estimate of drug-likeness (QED) is 0.463. The normalized spacial score (nSPS) is 12.1. The van der Waals surface area contributed by atoms with Crippen molar-refractivity contribution in [3.05, 3.63) is 94.4 Å². The lowest BCUT2D eigenvalue weighted by Gasteiger charge is -2.16. The van der Waals surface area contributed by atoms with E-state index < -0.39 is 0 Å². The first kappa shape index (κ1) is 21.6. The molecule has 0 aliphatic rings. The molecular formula is C26H28N4O2. The van der Waals surface area contributed by atoms with Crippen molar-refractivity contribution in [1.29, 1.82) is 0 Å². The molecular weight excluding hydrogens is 400 g/mol. The van der Waals surface area contributed by atoms with Gasteiger partial charge in [0.25, 0.3) is 5.56 Å². The monoisotopic (exact) mass is 428 g/mol. The lowest BCUT2D eigenvalue weighted by atomic mass is 10.1. The Morgan fingerprint density at radius 1 is 1.00 bits per heavy atom. The summed E-state index contributed by atoms with van der Waals surface area (Å²) in [6.07, 6.45) is 4.29. The number of nitrogens with zero attached hydrogens (tertiary/aromatic N) is 3. The SMILES string of the molecule is CCc1ccc(-n2c(=O)c3cccnc3n2CC(=O)NC(C)CCc2ccccc2)cc1. The highest BCUT2D eigenvalue weighted by Gasteiger charge is 2.18. The molecule has 0 saturated carbocycles. The van der Waals surface area contributed by atoms with E-state index >= 15 is 0 Å². The predicted molar refractivity (Wildman–Crippen MR) is 127 cm³/mol. The molecule has 1 amide bonds. The zero-order valence-electron chi connectivity index (χ0n) is 18.5. The van der Waals surface area contributed by atoms with Crippen LogP contribution in [0.3, 0.4) is 0 Å². The van der Waals surface area contributed by atoms with Gasteiger partial charge in [0.1, 0.15) is 6.54 Å². The Kier molecular flexibility index (Phi) is 6.50. The molecule has 0 aliphatic carbocycles. The summed E-state index contributed by atoms with van der Waals surface area (Å²) in [5.74, 6) is -0.146. The molecule has 6 nitrogen and oxygen atoms in total. The van der Waals surface area contributed by atoms with Gasteiger partial charge in [0.15, 0.2) is 5.65 Å². The van der Waals surface area contributed by atoms with Gasteiger partial charge in [0.2, 0.25) is 5.91 Å². The zero-order chi connectivity index (χ0) is 22.5. The minimum Gasteiger partial charge on any atom is -0.352 e. The van der Waals surface area contributed by atoms with E-state index in [0.29, 0.717) is 11.0 Å². The maximum atomic E-state index is 13.1. The molecule has 0 fully saturated rings. The molecule has 164 valence electrons. The first-order chi connectivity index (χ1) is 15.6. The summed E-state index contributed by atoms with van der Waals surface area (Å²) < 4.78 is 3.21. The number of pyridine rings is 1. The average Bonchev–Trinajstić information content (AvgIpc) is 3.10. The van der Waals surface area contributed by atoms with E-state index in [1.807, 2.05) is 49.4 Å². The zero-order valence-corrected chi connectivity index (χ0v) is 18.5. The number of hydrogen-bond acceptors (Lipinski definition) is 3. The topological polar surface area (TPSA) is 68.9 Å². The number of fused-ring (bicyclic) bond motifs is 1. The van der Waals surface area contributed by atoms with Crippen LogP contribution in [0.4, 0.5) is 0 Å². The van der Waals surface area contributed by atoms with E-state index in [9.17, 15) is 9.59 Å². The molecule has 0 bridgehead atoms. The van der Waals surface area contributed by atoms with Crippen LogP contribution in [0, 0.1) is 0 Å². The van der Waals surface area contributed by atoms with Gasteiger partial charge in [-0.2, -0.15) is 0 Å². The van der Waals surface area contributed by atoms with Gasteiger partial charge in [0.05, 0.1) is 11.1 Å².